The first kappa shape index (κ1) is 19.0. The number of para-hydroxylation sites is 1. The summed E-state index contributed by atoms with van der Waals surface area (Å²) in [5, 5.41) is 8.27. The molecule has 0 bridgehead atoms. The first-order valence-corrected chi connectivity index (χ1v) is 9.76. The lowest BCUT2D eigenvalue weighted by atomic mass is 10.1. The first-order chi connectivity index (χ1) is 14.2. The molecule has 0 aliphatic rings. The fourth-order valence-electron chi connectivity index (χ4n) is 3.14. The molecule has 1 aromatic heterocycles. The van der Waals surface area contributed by atoms with E-state index in [1.807, 2.05) is 36.4 Å². The number of fused-ring (bicyclic) bond motifs is 1. The molecule has 0 atom stereocenters. The summed E-state index contributed by atoms with van der Waals surface area (Å²) < 4.78 is 5.41. The van der Waals surface area contributed by atoms with Crippen LogP contribution in [0.1, 0.15) is 5.56 Å². The molecule has 0 saturated carbocycles. The topological polar surface area (TPSA) is 59.1 Å². The van der Waals surface area contributed by atoms with Crippen LogP contribution in [0.25, 0.3) is 10.9 Å². The van der Waals surface area contributed by atoms with E-state index in [-0.39, 0.29) is 0 Å². The van der Waals surface area contributed by atoms with Crippen LogP contribution in [-0.4, -0.2) is 23.6 Å². The summed E-state index contributed by atoms with van der Waals surface area (Å²) in [6.07, 6.45) is 0.907. The average molecular weight is 405 g/mol. The van der Waals surface area contributed by atoms with Crippen molar-refractivity contribution in [3.05, 3.63) is 83.4 Å². The first-order valence-electron chi connectivity index (χ1n) is 9.38. The largest absolute Gasteiger partial charge is 0.495 e. The minimum absolute atomic E-state index is 0.478. The predicted molar refractivity (Wildman–Crippen MR) is 119 cm³/mol. The highest BCUT2D eigenvalue weighted by atomic mass is 35.5. The SMILES string of the molecule is COc1ccc(Cl)cc1Nc1nc(NCCc2ccccc2)c2ccccc2n1. The number of benzene rings is 3. The molecule has 2 N–H and O–H groups in total. The Kier molecular flexibility index (Phi) is 5.77. The minimum Gasteiger partial charge on any atom is -0.495 e. The van der Waals surface area contributed by atoms with Gasteiger partial charge < -0.3 is 15.4 Å². The molecule has 5 nitrogen and oxygen atoms in total. The van der Waals surface area contributed by atoms with Gasteiger partial charge in [0.15, 0.2) is 0 Å². The van der Waals surface area contributed by atoms with Gasteiger partial charge in [0.1, 0.15) is 11.6 Å². The van der Waals surface area contributed by atoms with Gasteiger partial charge in [0.2, 0.25) is 5.95 Å². The van der Waals surface area contributed by atoms with E-state index >= 15 is 0 Å². The van der Waals surface area contributed by atoms with Gasteiger partial charge in [-0.25, -0.2) is 4.98 Å². The molecule has 0 saturated heterocycles. The second-order valence-electron chi connectivity index (χ2n) is 6.54. The molecule has 0 aliphatic carbocycles. The molecule has 4 aromatic rings. The van der Waals surface area contributed by atoms with Crippen LogP contribution in [0.4, 0.5) is 17.5 Å². The van der Waals surface area contributed by atoms with Crippen LogP contribution in [0.2, 0.25) is 5.02 Å². The quantitative estimate of drug-likeness (QED) is 0.414. The van der Waals surface area contributed by atoms with Gasteiger partial charge in [0.05, 0.1) is 18.3 Å². The third-order valence-electron chi connectivity index (χ3n) is 4.56. The summed E-state index contributed by atoms with van der Waals surface area (Å²) in [4.78, 5) is 9.34. The molecule has 0 aliphatic heterocycles. The number of methoxy groups -OCH3 is 1. The molecule has 0 amide bonds. The van der Waals surface area contributed by atoms with Crippen molar-refractivity contribution in [1.29, 1.82) is 0 Å². The molecule has 29 heavy (non-hydrogen) atoms. The number of ether oxygens (including phenoxy) is 1. The van der Waals surface area contributed by atoms with E-state index in [9.17, 15) is 0 Å². The van der Waals surface area contributed by atoms with Crippen molar-refractivity contribution >= 4 is 40.0 Å². The second kappa shape index (κ2) is 8.80. The third-order valence-corrected chi connectivity index (χ3v) is 4.80. The average Bonchev–Trinajstić information content (AvgIpc) is 2.75. The minimum atomic E-state index is 0.478. The zero-order valence-electron chi connectivity index (χ0n) is 16.0. The maximum atomic E-state index is 6.14. The van der Waals surface area contributed by atoms with Crippen molar-refractivity contribution in [2.45, 2.75) is 6.42 Å². The summed E-state index contributed by atoms with van der Waals surface area (Å²) in [7, 11) is 1.62. The molecule has 1 heterocycles. The molecule has 6 heteroatoms. The molecule has 0 spiro atoms. The Bertz CT molecular complexity index is 1120. The Labute approximate surface area is 174 Å². The lowest BCUT2D eigenvalue weighted by Crippen LogP contribution is -2.09. The number of hydrogen-bond acceptors (Lipinski definition) is 5. The summed E-state index contributed by atoms with van der Waals surface area (Å²) in [6, 6.07) is 23.7. The van der Waals surface area contributed by atoms with Crippen molar-refractivity contribution in [3.63, 3.8) is 0 Å². The van der Waals surface area contributed by atoms with Gasteiger partial charge in [-0.05, 0) is 42.3 Å². The van der Waals surface area contributed by atoms with E-state index in [1.165, 1.54) is 5.56 Å². The van der Waals surface area contributed by atoms with Crippen molar-refractivity contribution in [2.24, 2.45) is 0 Å². The summed E-state index contributed by atoms with van der Waals surface area (Å²) in [6.45, 7) is 0.769. The van der Waals surface area contributed by atoms with Crippen LogP contribution >= 0.6 is 11.6 Å². The van der Waals surface area contributed by atoms with Crippen molar-refractivity contribution in [3.8, 4) is 5.75 Å². The molecule has 0 radical (unpaired) electrons. The second-order valence-corrected chi connectivity index (χ2v) is 6.98. The van der Waals surface area contributed by atoms with Gasteiger partial charge >= 0.3 is 0 Å². The van der Waals surface area contributed by atoms with Gasteiger partial charge in [-0.15, -0.1) is 0 Å². The number of nitrogens with one attached hydrogen (secondary N) is 2. The van der Waals surface area contributed by atoms with Gasteiger partial charge in [0, 0.05) is 17.0 Å². The number of aromatic nitrogens is 2. The molecule has 4 rings (SSSR count). The lowest BCUT2D eigenvalue weighted by molar-refractivity contribution is 0.417. The summed E-state index contributed by atoms with van der Waals surface area (Å²) in [5.74, 6) is 1.94. The number of rotatable bonds is 7. The van der Waals surface area contributed by atoms with Crippen LogP contribution in [0, 0.1) is 0 Å². The standard InChI is InChI=1S/C23H21ClN4O/c1-29-21-12-11-17(24)15-20(21)27-23-26-19-10-6-5-9-18(19)22(28-23)25-14-13-16-7-3-2-4-8-16/h2-12,15H,13-14H2,1H3,(H2,25,26,27,28). The molecule has 146 valence electrons. The molecular formula is C23H21ClN4O. The Balaban J connectivity index is 1.61. The molecule has 0 unspecified atom stereocenters. The highest BCUT2D eigenvalue weighted by Crippen LogP contribution is 2.31. The van der Waals surface area contributed by atoms with E-state index in [1.54, 1.807) is 19.2 Å². The maximum absolute atomic E-state index is 6.14. The number of nitrogens with zero attached hydrogens (tertiary/aromatic N) is 2. The van der Waals surface area contributed by atoms with E-state index in [2.05, 4.69) is 39.9 Å². The van der Waals surface area contributed by atoms with Crippen molar-refractivity contribution in [1.82, 2.24) is 9.97 Å². The van der Waals surface area contributed by atoms with Crippen LogP contribution < -0.4 is 15.4 Å². The number of anilines is 3. The van der Waals surface area contributed by atoms with E-state index in [0.29, 0.717) is 22.4 Å². The molecule has 3 aromatic carbocycles. The Hall–Kier alpha value is -3.31. The van der Waals surface area contributed by atoms with Crippen molar-refractivity contribution < 1.29 is 4.74 Å². The van der Waals surface area contributed by atoms with Gasteiger partial charge in [0.25, 0.3) is 0 Å². The summed E-state index contributed by atoms with van der Waals surface area (Å²) >= 11 is 6.14. The lowest BCUT2D eigenvalue weighted by Gasteiger charge is -2.14. The Morgan fingerprint density at radius 3 is 2.55 bits per heavy atom. The highest BCUT2D eigenvalue weighted by Gasteiger charge is 2.10. The van der Waals surface area contributed by atoms with Crippen molar-refractivity contribution in [2.75, 3.05) is 24.3 Å². The highest BCUT2D eigenvalue weighted by molar-refractivity contribution is 6.31. The number of hydrogen-bond donors (Lipinski definition) is 2. The molecule has 0 fully saturated rings. The Morgan fingerprint density at radius 2 is 1.72 bits per heavy atom. The predicted octanol–water partition coefficient (Wildman–Crippen LogP) is 5.69. The smallest absolute Gasteiger partial charge is 0.229 e. The van der Waals surface area contributed by atoms with Gasteiger partial charge in [-0.1, -0.05) is 54.1 Å². The zero-order valence-corrected chi connectivity index (χ0v) is 16.8. The van der Waals surface area contributed by atoms with Gasteiger partial charge in [-0.3, -0.25) is 0 Å². The fourth-order valence-corrected chi connectivity index (χ4v) is 3.31. The number of halogens is 1. The zero-order chi connectivity index (χ0) is 20.1. The van der Waals surface area contributed by atoms with Crippen LogP contribution in [0.15, 0.2) is 72.8 Å². The van der Waals surface area contributed by atoms with E-state index < -0.39 is 0 Å². The normalized spacial score (nSPS) is 10.7. The summed E-state index contributed by atoms with van der Waals surface area (Å²) in [5.41, 5.74) is 2.85. The fraction of sp³-hybridized carbons (Fsp3) is 0.130. The Morgan fingerprint density at radius 1 is 0.931 bits per heavy atom. The maximum Gasteiger partial charge on any atom is 0.229 e. The van der Waals surface area contributed by atoms with Crippen LogP contribution in [0.5, 0.6) is 5.75 Å². The van der Waals surface area contributed by atoms with E-state index in [0.717, 1.165) is 29.7 Å². The van der Waals surface area contributed by atoms with Crippen LogP contribution in [0.3, 0.4) is 0 Å². The monoisotopic (exact) mass is 404 g/mol. The van der Waals surface area contributed by atoms with Gasteiger partial charge in [-0.2, -0.15) is 4.98 Å². The van der Waals surface area contributed by atoms with E-state index in [4.69, 9.17) is 21.3 Å². The molecular weight excluding hydrogens is 384 g/mol. The third kappa shape index (κ3) is 4.58. The van der Waals surface area contributed by atoms with Crippen LogP contribution in [-0.2, 0) is 6.42 Å².